The summed E-state index contributed by atoms with van der Waals surface area (Å²) in [7, 11) is 2.94. The number of carbonyl (C=O) groups is 1. The minimum atomic E-state index is -0.289. The number of halogens is 1. The number of carbonyl (C=O) groups excluding carboxylic acids is 1. The van der Waals surface area contributed by atoms with Gasteiger partial charge in [-0.1, -0.05) is 12.1 Å². The largest absolute Gasteiger partial charge is 0.473 e. The number of hydrogen-bond acceptors (Lipinski definition) is 4. The summed E-state index contributed by atoms with van der Waals surface area (Å²) in [6.07, 6.45) is 1.44. The fourth-order valence-electron chi connectivity index (χ4n) is 1.83. The van der Waals surface area contributed by atoms with Gasteiger partial charge in [-0.3, -0.25) is 9.63 Å². The van der Waals surface area contributed by atoms with Crippen molar-refractivity contribution in [1.82, 2.24) is 10.0 Å². The van der Waals surface area contributed by atoms with Crippen LogP contribution in [0.1, 0.15) is 21.5 Å². The number of ether oxygens (including phenoxy) is 1. The first kappa shape index (κ1) is 15.9. The zero-order valence-corrected chi connectivity index (χ0v) is 12.7. The minimum absolute atomic E-state index is 0.277. The molecule has 6 heteroatoms. The third kappa shape index (κ3) is 3.79. The Morgan fingerprint density at radius 3 is 2.59 bits per heavy atom. The average Bonchev–Trinajstić information content (AvgIpc) is 2.53. The van der Waals surface area contributed by atoms with Gasteiger partial charge in [0.2, 0.25) is 5.88 Å². The molecule has 22 heavy (non-hydrogen) atoms. The first-order chi connectivity index (χ1) is 10.5. The average molecular weight is 304 g/mol. The second-order valence-electron chi connectivity index (χ2n) is 4.75. The number of pyridine rings is 1. The van der Waals surface area contributed by atoms with Gasteiger partial charge in [-0.2, -0.15) is 0 Å². The van der Waals surface area contributed by atoms with Gasteiger partial charge in [-0.15, -0.1) is 0 Å². The van der Waals surface area contributed by atoms with E-state index in [0.29, 0.717) is 11.4 Å². The van der Waals surface area contributed by atoms with Crippen molar-refractivity contribution in [1.29, 1.82) is 0 Å². The van der Waals surface area contributed by atoms with Crippen molar-refractivity contribution in [3.8, 4) is 5.88 Å². The molecule has 0 N–H and O–H groups in total. The smallest absolute Gasteiger partial charge is 0.278 e. The molecule has 0 bridgehead atoms. The van der Waals surface area contributed by atoms with Crippen molar-refractivity contribution >= 4 is 5.91 Å². The van der Waals surface area contributed by atoms with Crippen molar-refractivity contribution in [3.63, 3.8) is 0 Å². The Morgan fingerprint density at radius 2 is 2.00 bits per heavy atom. The van der Waals surface area contributed by atoms with Gasteiger partial charge in [0.1, 0.15) is 12.4 Å². The molecule has 2 rings (SSSR count). The lowest BCUT2D eigenvalue weighted by molar-refractivity contribution is -0.0757. The maximum absolute atomic E-state index is 12.8. The Kier molecular flexibility index (Phi) is 5.06. The van der Waals surface area contributed by atoms with Gasteiger partial charge < -0.3 is 4.74 Å². The highest BCUT2D eigenvalue weighted by atomic mass is 19.1. The van der Waals surface area contributed by atoms with Gasteiger partial charge in [-0.05, 0) is 30.7 Å². The molecule has 0 spiro atoms. The Balaban J connectivity index is 2.06. The van der Waals surface area contributed by atoms with Crippen LogP contribution in [0.3, 0.4) is 0 Å². The van der Waals surface area contributed by atoms with Crippen LogP contribution in [0, 0.1) is 12.7 Å². The summed E-state index contributed by atoms with van der Waals surface area (Å²) in [4.78, 5) is 20.9. The summed E-state index contributed by atoms with van der Waals surface area (Å²) < 4.78 is 18.4. The number of benzene rings is 1. The molecule has 1 heterocycles. The summed E-state index contributed by atoms with van der Waals surface area (Å²) in [6.45, 7) is 2.08. The van der Waals surface area contributed by atoms with Crippen LogP contribution in [0.4, 0.5) is 4.39 Å². The van der Waals surface area contributed by atoms with Crippen LogP contribution < -0.4 is 4.74 Å². The predicted octanol–water partition coefficient (Wildman–Crippen LogP) is 2.74. The topological polar surface area (TPSA) is 51.7 Å². The summed E-state index contributed by atoms with van der Waals surface area (Å²) >= 11 is 0. The normalized spacial score (nSPS) is 10.4. The van der Waals surface area contributed by atoms with Crippen LogP contribution in [-0.2, 0) is 11.4 Å². The lowest BCUT2D eigenvalue weighted by Crippen LogP contribution is -2.25. The fraction of sp³-hybridized carbons (Fsp3) is 0.250. The molecule has 0 saturated carbocycles. The number of amides is 1. The summed E-state index contributed by atoms with van der Waals surface area (Å²) in [6, 6.07) is 7.74. The molecule has 5 nitrogen and oxygen atoms in total. The Bertz CT molecular complexity index is 659. The Hall–Kier alpha value is -2.47. The maximum Gasteiger partial charge on any atom is 0.278 e. The van der Waals surface area contributed by atoms with Crippen molar-refractivity contribution < 1.29 is 18.8 Å². The Labute approximate surface area is 128 Å². The van der Waals surface area contributed by atoms with Gasteiger partial charge in [0.15, 0.2) is 0 Å². The molecule has 0 aliphatic rings. The van der Waals surface area contributed by atoms with Gasteiger partial charge in [0.25, 0.3) is 5.91 Å². The zero-order chi connectivity index (χ0) is 16.1. The number of aryl methyl sites for hydroxylation is 1. The predicted molar refractivity (Wildman–Crippen MR) is 78.8 cm³/mol. The number of rotatable bonds is 5. The van der Waals surface area contributed by atoms with E-state index in [9.17, 15) is 9.18 Å². The van der Waals surface area contributed by atoms with E-state index in [1.54, 1.807) is 25.1 Å². The van der Waals surface area contributed by atoms with Crippen molar-refractivity contribution in [2.75, 3.05) is 14.2 Å². The summed E-state index contributed by atoms with van der Waals surface area (Å²) in [5.41, 5.74) is 1.98. The molecule has 0 aliphatic heterocycles. The van der Waals surface area contributed by atoms with E-state index in [-0.39, 0.29) is 18.3 Å². The molecule has 0 saturated heterocycles. The monoisotopic (exact) mass is 304 g/mol. The van der Waals surface area contributed by atoms with E-state index in [0.717, 1.165) is 16.2 Å². The molecule has 0 unspecified atom stereocenters. The summed E-state index contributed by atoms with van der Waals surface area (Å²) in [5, 5.41) is 1.12. The molecule has 0 radical (unpaired) electrons. The number of hydroxylamine groups is 2. The highest BCUT2D eigenvalue weighted by Gasteiger charge is 2.13. The number of aromatic nitrogens is 1. The first-order valence-corrected chi connectivity index (χ1v) is 6.67. The van der Waals surface area contributed by atoms with Crippen LogP contribution in [0.5, 0.6) is 5.88 Å². The zero-order valence-electron chi connectivity index (χ0n) is 12.7. The standard InChI is InChI=1S/C16H17FN2O3/c1-11-8-13(16(20)19(2)21-3)9-18-15(11)22-10-12-4-6-14(17)7-5-12/h4-9H,10H2,1-3H3. The highest BCUT2D eigenvalue weighted by Crippen LogP contribution is 2.18. The SMILES string of the molecule is CON(C)C(=O)c1cnc(OCc2ccc(F)cc2)c(C)c1. The van der Waals surface area contributed by atoms with Crippen LogP contribution in [0.25, 0.3) is 0 Å². The third-order valence-electron chi connectivity index (χ3n) is 3.13. The highest BCUT2D eigenvalue weighted by molar-refractivity contribution is 5.93. The van der Waals surface area contributed by atoms with Gasteiger partial charge in [0.05, 0.1) is 12.7 Å². The molecule has 0 fully saturated rings. The second kappa shape index (κ2) is 7.00. The van der Waals surface area contributed by atoms with Crippen LogP contribution in [0.2, 0.25) is 0 Å². The maximum atomic E-state index is 12.8. The molecule has 1 aromatic heterocycles. The van der Waals surface area contributed by atoms with Crippen molar-refractivity contribution in [2.45, 2.75) is 13.5 Å². The van der Waals surface area contributed by atoms with E-state index < -0.39 is 0 Å². The van der Waals surface area contributed by atoms with E-state index in [1.807, 2.05) is 0 Å². The van der Waals surface area contributed by atoms with Gasteiger partial charge in [-0.25, -0.2) is 14.4 Å². The van der Waals surface area contributed by atoms with Crippen molar-refractivity contribution in [2.24, 2.45) is 0 Å². The quantitative estimate of drug-likeness (QED) is 0.797. The van der Waals surface area contributed by atoms with Crippen molar-refractivity contribution in [3.05, 3.63) is 59.0 Å². The third-order valence-corrected chi connectivity index (χ3v) is 3.13. The first-order valence-electron chi connectivity index (χ1n) is 6.67. The van der Waals surface area contributed by atoms with E-state index in [4.69, 9.17) is 9.57 Å². The Morgan fingerprint density at radius 1 is 1.32 bits per heavy atom. The van der Waals surface area contributed by atoms with Gasteiger partial charge >= 0.3 is 0 Å². The molecule has 1 amide bonds. The molecule has 0 aliphatic carbocycles. The molecule has 0 atom stereocenters. The lowest BCUT2D eigenvalue weighted by Gasteiger charge is -2.14. The van der Waals surface area contributed by atoms with Crippen LogP contribution >= 0.6 is 0 Å². The molecule has 116 valence electrons. The van der Waals surface area contributed by atoms with E-state index >= 15 is 0 Å². The lowest BCUT2D eigenvalue weighted by atomic mass is 10.2. The molecular formula is C16H17FN2O3. The fourth-order valence-corrected chi connectivity index (χ4v) is 1.83. The van der Waals surface area contributed by atoms with E-state index in [1.165, 1.54) is 32.5 Å². The van der Waals surface area contributed by atoms with Crippen LogP contribution in [0.15, 0.2) is 36.5 Å². The second-order valence-corrected chi connectivity index (χ2v) is 4.75. The number of hydrogen-bond donors (Lipinski definition) is 0. The molecule has 2 aromatic rings. The number of nitrogens with zero attached hydrogens (tertiary/aromatic N) is 2. The molecular weight excluding hydrogens is 287 g/mol. The summed E-state index contributed by atoms with van der Waals surface area (Å²) in [5.74, 6) is -0.146. The van der Waals surface area contributed by atoms with E-state index in [2.05, 4.69) is 4.98 Å². The van der Waals surface area contributed by atoms with Crippen LogP contribution in [-0.4, -0.2) is 30.1 Å². The van der Waals surface area contributed by atoms with Gasteiger partial charge in [0, 0.05) is 18.8 Å². The molecule has 1 aromatic carbocycles. The minimum Gasteiger partial charge on any atom is -0.473 e.